The third-order valence-electron chi connectivity index (χ3n) is 5.12. The first-order valence-electron chi connectivity index (χ1n) is 9.55. The lowest BCUT2D eigenvalue weighted by molar-refractivity contribution is 0.0536. The minimum atomic E-state index is -0.924. The second-order valence-corrected chi connectivity index (χ2v) is 7.26. The number of amides is 1. The van der Waals surface area contributed by atoms with E-state index in [1.54, 1.807) is 0 Å². The highest BCUT2D eigenvalue weighted by molar-refractivity contribution is 5.95. The minimum absolute atomic E-state index is 0.0519. The fourth-order valence-electron chi connectivity index (χ4n) is 3.55. The van der Waals surface area contributed by atoms with Gasteiger partial charge in [0.2, 0.25) is 0 Å². The summed E-state index contributed by atoms with van der Waals surface area (Å²) in [5.41, 5.74) is 5.30. The van der Waals surface area contributed by atoms with Crippen molar-refractivity contribution in [3.8, 4) is 17.2 Å². The molecule has 1 fully saturated rings. The van der Waals surface area contributed by atoms with Gasteiger partial charge in [0.15, 0.2) is 17.4 Å². The van der Waals surface area contributed by atoms with Crippen LogP contribution >= 0.6 is 0 Å². The average molecular weight is 406 g/mol. The van der Waals surface area contributed by atoms with Gasteiger partial charge in [0.25, 0.3) is 5.91 Å². The number of nitrogens with two attached hydrogens (primary N) is 1. The smallest absolute Gasteiger partial charge is 0.252 e. The number of hydrogen-bond acceptors (Lipinski definition) is 5. The van der Waals surface area contributed by atoms with Crippen LogP contribution < -0.4 is 15.8 Å². The molecule has 0 aromatic heterocycles. The van der Waals surface area contributed by atoms with Crippen molar-refractivity contribution < 1.29 is 28.5 Å². The maximum absolute atomic E-state index is 14.4. The van der Waals surface area contributed by atoms with E-state index in [9.17, 15) is 23.8 Å². The zero-order valence-corrected chi connectivity index (χ0v) is 15.8. The Kier molecular flexibility index (Phi) is 6.66. The molecule has 2 aromatic carbocycles. The summed E-state index contributed by atoms with van der Waals surface area (Å²) in [6, 6.07) is 5.77. The summed E-state index contributed by atoms with van der Waals surface area (Å²) in [7, 11) is 0. The molecular formula is C21H24F2N2O4. The van der Waals surface area contributed by atoms with Gasteiger partial charge in [0, 0.05) is 12.6 Å². The summed E-state index contributed by atoms with van der Waals surface area (Å²) < 4.78 is 34.0. The first kappa shape index (κ1) is 21.0. The Morgan fingerprint density at radius 2 is 1.83 bits per heavy atom. The minimum Gasteiger partial charge on any atom is -0.507 e. The van der Waals surface area contributed by atoms with Crippen LogP contribution in [0.2, 0.25) is 0 Å². The predicted octanol–water partition coefficient (Wildman–Crippen LogP) is 3.55. The average Bonchev–Trinajstić information content (AvgIpc) is 2.69. The number of carbonyl (C=O) groups excluding carboxylic acids is 1. The fraction of sp³-hybridized carbons (Fsp3) is 0.381. The largest absolute Gasteiger partial charge is 0.507 e. The molecule has 0 radical (unpaired) electrons. The van der Waals surface area contributed by atoms with Crippen molar-refractivity contribution in [1.82, 2.24) is 5.32 Å². The SMILES string of the molecule is NC(=O)c1ccc(Oc2c(F)cc(CNC(O)C3CCCCC3)cc2F)cc1O. The van der Waals surface area contributed by atoms with Crippen molar-refractivity contribution in [2.24, 2.45) is 11.7 Å². The summed E-state index contributed by atoms with van der Waals surface area (Å²) in [5.74, 6) is -3.67. The van der Waals surface area contributed by atoms with E-state index in [1.807, 2.05) is 0 Å². The van der Waals surface area contributed by atoms with E-state index >= 15 is 0 Å². The van der Waals surface area contributed by atoms with Crippen molar-refractivity contribution in [3.63, 3.8) is 0 Å². The molecule has 29 heavy (non-hydrogen) atoms. The summed E-state index contributed by atoms with van der Waals surface area (Å²) in [4.78, 5) is 11.1. The van der Waals surface area contributed by atoms with Crippen molar-refractivity contribution in [3.05, 3.63) is 53.1 Å². The molecule has 156 valence electrons. The van der Waals surface area contributed by atoms with E-state index in [4.69, 9.17) is 10.5 Å². The lowest BCUT2D eigenvalue weighted by Crippen LogP contribution is -2.36. The third kappa shape index (κ3) is 5.21. The molecule has 8 heteroatoms. The molecule has 2 aromatic rings. The van der Waals surface area contributed by atoms with Crippen LogP contribution in [0.3, 0.4) is 0 Å². The number of phenols is 1. The highest BCUT2D eigenvalue weighted by Crippen LogP contribution is 2.32. The number of aliphatic hydroxyl groups is 1. The summed E-state index contributed by atoms with van der Waals surface area (Å²) in [6.07, 6.45) is 4.48. The first-order valence-corrected chi connectivity index (χ1v) is 9.55. The van der Waals surface area contributed by atoms with E-state index in [0.717, 1.165) is 43.9 Å². The van der Waals surface area contributed by atoms with Gasteiger partial charge in [-0.15, -0.1) is 0 Å². The van der Waals surface area contributed by atoms with Gasteiger partial charge >= 0.3 is 0 Å². The number of hydrogen-bond donors (Lipinski definition) is 4. The van der Waals surface area contributed by atoms with E-state index in [0.29, 0.717) is 5.56 Å². The van der Waals surface area contributed by atoms with Crippen LogP contribution in [0.1, 0.15) is 48.0 Å². The number of ether oxygens (including phenoxy) is 1. The zero-order valence-electron chi connectivity index (χ0n) is 15.8. The third-order valence-corrected chi connectivity index (χ3v) is 5.12. The van der Waals surface area contributed by atoms with E-state index in [2.05, 4.69) is 5.32 Å². The highest BCUT2D eigenvalue weighted by Gasteiger charge is 2.22. The maximum Gasteiger partial charge on any atom is 0.252 e. The number of rotatable bonds is 7. The van der Waals surface area contributed by atoms with Crippen molar-refractivity contribution >= 4 is 5.91 Å². The predicted molar refractivity (Wildman–Crippen MR) is 102 cm³/mol. The Morgan fingerprint density at radius 1 is 1.17 bits per heavy atom. The number of halogens is 2. The van der Waals surface area contributed by atoms with Crippen molar-refractivity contribution in [2.45, 2.75) is 44.9 Å². The Bertz CT molecular complexity index is 862. The standard InChI is InChI=1S/C21H24F2N2O4/c22-16-8-12(11-25-21(28)13-4-2-1-3-5-13)9-17(23)19(16)29-14-6-7-15(20(24)27)18(26)10-14/h6-10,13,21,25-26,28H,1-5,11H2,(H2,24,27). The van der Waals surface area contributed by atoms with Crippen LogP contribution in [0.5, 0.6) is 17.2 Å². The molecule has 1 unspecified atom stereocenters. The van der Waals surface area contributed by atoms with Gasteiger partial charge < -0.3 is 20.7 Å². The summed E-state index contributed by atoms with van der Waals surface area (Å²) in [5, 5.41) is 22.9. The molecule has 1 saturated carbocycles. The molecule has 3 rings (SSSR count). The second-order valence-electron chi connectivity index (χ2n) is 7.26. The van der Waals surface area contributed by atoms with Gasteiger partial charge in [0.1, 0.15) is 17.7 Å². The molecular weight excluding hydrogens is 382 g/mol. The number of aliphatic hydroxyl groups excluding tert-OH is 1. The van der Waals surface area contributed by atoms with Gasteiger partial charge in [-0.2, -0.15) is 0 Å². The number of nitrogens with one attached hydrogen (secondary N) is 1. The molecule has 0 heterocycles. The molecule has 6 nitrogen and oxygen atoms in total. The van der Waals surface area contributed by atoms with E-state index in [1.165, 1.54) is 18.6 Å². The second kappa shape index (κ2) is 9.19. The maximum atomic E-state index is 14.4. The highest BCUT2D eigenvalue weighted by atomic mass is 19.1. The fourth-order valence-corrected chi connectivity index (χ4v) is 3.55. The summed E-state index contributed by atoms with van der Waals surface area (Å²) >= 11 is 0. The molecule has 0 saturated heterocycles. The molecule has 0 bridgehead atoms. The molecule has 1 aliphatic carbocycles. The van der Waals surface area contributed by atoms with Crippen molar-refractivity contribution in [1.29, 1.82) is 0 Å². The van der Waals surface area contributed by atoms with Crippen LogP contribution in [0.4, 0.5) is 8.78 Å². The van der Waals surface area contributed by atoms with Crippen LogP contribution in [0.25, 0.3) is 0 Å². The van der Waals surface area contributed by atoms with Crippen molar-refractivity contribution in [2.75, 3.05) is 0 Å². The number of aromatic hydroxyl groups is 1. The van der Waals surface area contributed by atoms with E-state index in [-0.39, 0.29) is 23.8 Å². The molecule has 0 spiro atoms. The van der Waals surface area contributed by atoms with Gasteiger partial charge in [-0.05, 0) is 48.6 Å². The zero-order chi connectivity index (χ0) is 21.0. The topological polar surface area (TPSA) is 105 Å². The lowest BCUT2D eigenvalue weighted by Gasteiger charge is -2.27. The van der Waals surface area contributed by atoms with Gasteiger partial charge in [-0.3, -0.25) is 10.1 Å². The Morgan fingerprint density at radius 3 is 2.41 bits per heavy atom. The number of primary amides is 1. The van der Waals surface area contributed by atoms with E-state index < -0.39 is 35.3 Å². The van der Waals surface area contributed by atoms with Gasteiger partial charge in [0.05, 0.1) is 5.56 Å². The van der Waals surface area contributed by atoms with Gasteiger partial charge in [-0.1, -0.05) is 19.3 Å². The molecule has 5 N–H and O–H groups in total. The number of benzene rings is 2. The molecule has 1 amide bonds. The van der Waals surface area contributed by atoms with Crippen LogP contribution in [0, 0.1) is 17.6 Å². The van der Waals surface area contributed by atoms with Gasteiger partial charge in [-0.25, -0.2) is 8.78 Å². The Balaban J connectivity index is 1.67. The van der Waals surface area contributed by atoms with Crippen LogP contribution in [-0.2, 0) is 6.54 Å². The Hall–Kier alpha value is -2.71. The quantitative estimate of drug-likeness (QED) is 0.527. The molecule has 1 atom stereocenters. The lowest BCUT2D eigenvalue weighted by atomic mass is 9.88. The molecule has 1 aliphatic rings. The van der Waals surface area contributed by atoms with Crippen LogP contribution in [0.15, 0.2) is 30.3 Å². The number of carbonyl (C=O) groups is 1. The van der Waals surface area contributed by atoms with Crippen LogP contribution in [-0.4, -0.2) is 22.3 Å². The Labute approximate surface area is 167 Å². The molecule has 0 aliphatic heterocycles. The summed E-state index contributed by atoms with van der Waals surface area (Å²) in [6.45, 7) is 0.111. The first-order chi connectivity index (χ1) is 13.8. The monoisotopic (exact) mass is 406 g/mol. The normalized spacial score (nSPS) is 15.8.